The third kappa shape index (κ3) is 3.64. The van der Waals surface area contributed by atoms with Gasteiger partial charge in [-0.1, -0.05) is 32.6 Å². The lowest BCUT2D eigenvalue weighted by Crippen LogP contribution is -2.52. The number of carboxylic acids is 1. The summed E-state index contributed by atoms with van der Waals surface area (Å²) in [6.45, 7) is 3.50. The van der Waals surface area contributed by atoms with Gasteiger partial charge >= 0.3 is 12.0 Å². The fraction of sp³-hybridized carbons (Fsp3) is 0.867. The van der Waals surface area contributed by atoms with Gasteiger partial charge < -0.3 is 15.3 Å². The zero-order chi connectivity index (χ0) is 14.5. The first-order valence-electron chi connectivity index (χ1n) is 7.90. The first-order chi connectivity index (χ1) is 9.61. The zero-order valence-corrected chi connectivity index (χ0v) is 12.3. The largest absolute Gasteiger partial charge is 0.480 e. The van der Waals surface area contributed by atoms with E-state index in [1.165, 1.54) is 25.7 Å². The van der Waals surface area contributed by atoms with Gasteiger partial charge in [-0.3, -0.25) is 0 Å². The summed E-state index contributed by atoms with van der Waals surface area (Å²) in [5.41, 5.74) is 0. The number of hydrogen-bond donors (Lipinski definition) is 2. The lowest BCUT2D eigenvalue weighted by Gasteiger charge is -2.41. The van der Waals surface area contributed by atoms with E-state index in [4.69, 9.17) is 5.11 Å². The van der Waals surface area contributed by atoms with Gasteiger partial charge in [0, 0.05) is 13.1 Å². The number of hydrogen-bond acceptors (Lipinski definition) is 2. The smallest absolute Gasteiger partial charge is 0.326 e. The Bertz CT molecular complexity index is 359. The van der Waals surface area contributed by atoms with Crippen molar-refractivity contribution in [1.82, 2.24) is 10.2 Å². The van der Waals surface area contributed by atoms with Crippen molar-refractivity contribution in [2.45, 2.75) is 57.9 Å². The molecular formula is C15H26N2O3. The van der Waals surface area contributed by atoms with Gasteiger partial charge in [0.2, 0.25) is 0 Å². The second kappa shape index (κ2) is 6.95. The molecule has 0 radical (unpaired) electrons. The molecule has 2 unspecified atom stereocenters. The van der Waals surface area contributed by atoms with Crippen LogP contribution in [-0.2, 0) is 4.79 Å². The van der Waals surface area contributed by atoms with E-state index < -0.39 is 12.0 Å². The maximum atomic E-state index is 12.2. The number of piperidine rings is 1. The number of urea groups is 1. The van der Waals surface area contributed by atoms with E-state index >= 15 is 0 Å². The summed E-state index contributed by atoms with van der Waals surface area (Å²) in [5.74, 6) is 0.462. The predicted octanol–water partition coefficient (Wildman–Crippen LogP) is 2.46. The van der Waals surface area contributed by atoms with Crippen LogP contribution >= 0.6 is 0 Å². The van der Waals surface area contributed by atoms with Crippen LogP contribution < -0.4 is 5.32 Å². The molecule has 0 spiro atoms. The van der Waals surface area contributed by atoms with E-state index in [0.717, 1.165) is 31.8 Å². The molecule has 5 nitrogen and oxygen atoms in total. The molecule has 114 valence electrons. The van der Waals surface area contributed by atoms with Gasteiger partial charge in [-0.15, -0.1) is 0 Å². The Kier molecular flexibility index (Phi) is 5.26. The molecule has 20 heavy (non-hydrogen) atoms. The number of rotatable bonds is 4. The zero-order valence-electron chi connectivity index (χ0n) is 12.3. The summed E-state index contributed by atoms with van der Waals surface area (Å²) < 4.78 is 0. The second-order valence-electron chi connectivity index (χ2n) is 6.17. The van der Waals surface area contributed by atoms with Crippen LogP contribution in [0.1, 0.15) is 51.9 Å². The molecule has 1 aliphatic heterocycles. The molecular weight excluding hydrogens is 256 g/mol. The number of amides is 2. The van der Waals surface area contributed by atoms with Gasteiger partial charge in [0.05, 0.1) is 0 Å². The first kappa shape index (κ1) is 15.1. The van der Waals surface area contributed by atoms with Gasteiger partial charge in [-0.05, 0) is 31.1 Å². The number of nitrogens with one attached hydrogen (secondary N) is 1. The lowest BCUT2D eigenvalue weighted by atomic mass is 9.75. The van der Waals surface area contributed by atoms with Crippen LogP contribution in [0.25, 0.3) is 0 Å². The van der Waals surface area contributed by atoms with Crippen LogP contribution in [0, 0.1) is 11.8 Å². The number of likely N-dealkylation sites (tertiary alicyclic amines) is 1. The van der Waals surface area contributed by atoms with Gasteiger partial charge in [-0.25, -0.2) is 9.59 Å². The van der Waals surface area contributed by atoms with Crippen LogP contribution in [0.5, 0.6) is 0 Å². The van der Waals surface area contributed by atoms with E-state index in [2.05, 4.69) is 5.32 Å². The molecule has 2 rings (SSSR count). The standard InChI is InChI=1S/C15H26N2O3/c1-2-5-13(14(18)19)16-15(20)17-9-8-11-6-3-4-7-12(11)10-17/h11-13H,2-10H2,1H3,(H,16,20)(H,18,19)/t11?,12?,13-/m1/s1. The monoisotopic (exact) mass is 282 g/mol. The number of carbonyl (C=O) groups is 2. The fourth-order valence-electron chi connectivity index (χ4n) is 3.57. The Hall–Kier alpha value is -1.26. The van der Waals surface area contributed by atoms with E-state index in [1.54, 1.807) is 0 Å². The lowest BCUT2D eigenvalue weighted by molar-refractivity contribution is -0.139. The van der Waals surface area contributed by atoms with Crippen molar-refractivity contribution < 1.29 is 14.7 Å². The molecule has 0 bridgehead atoms. The Morgan fingerprint density at radius 2 is 1.95 bits per heavy atom. The summed E-state index contributed by atoms with van der Waals surface area (Å²) in [6, 6.07) is -0.952. The van der Waals surface area contributed by atoms with Crippen LogP contribution in [0.2, 0.25) is 0 Å². The second-order valence-corrected chi connectivity index (χ2v) is 6.17. The summed E-state index contributed by atoms with van der Waals surface area (Å²) in [4.78, 5) is 25.1. The van der Waals surface area contributed by atoms with Crippen molar-refractivity contribution in [3.63, 3.8) is 0 Å². The minimum Gasteiger partial charge on any atom is -0.480 e. The molecule has 2 amide bonds. The summed E-state index contributed by atoms with van der Waals surface area (Å²) in [5, 5.41) is 11.8. The van der Waals surface area contributed by atoms with Crippen molar-refractivity contribution in [2.24, 2.45) is 11.8 Å². The first-order valence-corrected chi connectivity index (χ1v) is 7.90. The van der Waals surface area contributed by atoms with Crippen molar-refractivity contribution in [3.05, 3.63) is 0 Å². The molecule has 3 atom stereocenters. The van der Waals surface area contributed by atoms with Crippen LogP contribution in [0.3, 0.4) is 0 Å². The van der Waals surface area contributed by atoms with Crippen molar-refractivity contribution in [2.75, 3.05) is 13.1 Å². The van der Waals surface area contributed by atoms with Crippen molar-refractivity contribution >= 4 is 12.0 Å². The molecule has 1 saturated heterocycles. The molecule has 2 N–H and O–H groups in total. The minimum atomic E-state index is -0.937. The van der Waals surface area contributed by atoms with Gasteiger partial charge in [0.15, 0.2) is 0 Å². The van der Waals surface area contributed by atoms with Crippen molar-refractivity contribution in [1.29, 1.82) is 0 Å². The molecule has 1 heterocycles. The Balaban J connectivity index is 1.87. The van der Waals surface area contributed by atoms with Gasteiger partial charge in [0.1, 0.15) is 6.04 Å². The predicted molar refractivity (Wildman–Crippen MR) is 76.5 cm³/mol. The third-order valence-corrected chi connectivity index (χ3v) is 4.75. The van der Waals surface area contributed by atoms with Gasteiger partial charge in [-0.2, -0.15) is 0 Å². The van der Waals surface area contributed by atoms with E-state index in [-0.39, 0.29) is 6.03 Å². The maximum absolute atomic E-state index is 12.2. The van der Waals surface area contributed by atoms with Crippen LogP contribution in [0.15, 0.2) is 0 Å². The fourth-order valence-corrected chi connectivity index (χ4v) is 3.57. The summed E-state index contributed by atoms with van der Waals surface area (Å²) in [7, 11) is 0. The molecule has 0 aromatic carbocycles. The Morgan fingerprint density at radius 3 is 2.60 bits per heavy atom. The summed E-state index contributed by atoms with van der Waals surface area (Å²) in [6.07, 6.45) is 7.42. The van der Waals surface area contributed by atoms with E-state index in [1.807, 2.05) is 11.8 Å². The van der Waals surface area contributed by atoms with Crippen LogP contribution in [-0.4, -0.2) is 41.1 Å². The molecule has 0 aromatic heterocycles. The number of fused-ring (bicyclic) bond motifs is 1. The highest BCUT2D eigenvalue weighted by Gasteiger charge is 2.33. The van der Waals surface area contributed by atoms with Crippen LogP contribution in [0.4, 0.5) is 4.79 Å². The van der Waals surface area contributed by atoms with E-state index in [0.29, 0.717) is 12.3 Å². The SMILES string of the molecule is CCC[C@@H](NC(=O)N1CCC2CCCCC2C1)C(=O)O. The quantitative estimate of drug-likeness (QED) is 0.832. The van der Waals surface area contributed by atoms with Gasteiger partial charge in [0.25, 0.3) is 0 Å². The maximum Gasteiger partial charge on any atom is 0.326 e. The highest BCUT2D eigenvalue weighted by molar-refractivity contribution is 5.82. The number of nitrogens with zero attached hydrogens (tertiary/aromatic N) is 1. The molecule has 0 aromatic rings. The molecule has 1 aliphatic carbocycles. The minimum absolute atomic E-state index is 0.199. The average Bonchev–Trinajstić information content (AvgIpc) is 2.46. The highest BCUT2D eigenvalue weighted by Crippen LogP contribution is 2.35. The number of aliphatic carboxylic acids is 1. The Morgan fingerprint density at radius 1 is 1.25 bits per heavy atom. The molecule has 5 heteroatoms. The number of carbonyl (C=O) groups excluding carboxylic acids is 1. The molecule has 2 fully saturated rings. The topological polar surface area (TPSA) is 69.6 Å². The number of carboxylic acid groups (broad SMARTS) is 1. The molecule has 2 aliphatic rings. The average molecular weight is 282 g/mol. The third-order valence-electron chi connectivity index (χ3n) is 4.75. The molecule has 1 saturated carbocycles. The van der Waals surface area contributed by atoms with Crippen molar-refractivity contribution in [3.8, 4) is 0 Å². The Labute approximate surface area is 120 Å². The normalized spacial score (nSPS) is 27.6. The summed E-state index contributed by atoms with van der Waals surface area (Å²) >= 11 is 0. The van der Waals surface area contributed by atoms with E-state index in [9.17, 15) is 9.59 Å². The highest BCUT2D eigenvalue weighted by atomic mass is 16.4.